The zero-order chi connectivity index (χ0) is 13.9. The van der Waals surface area contributed by atoms with Gasteiger partial charge < -0.3 is 10.2 Å². The van der Waals surface area contributed by atoms with Gasteiger partial charge in [0.2, 0.25) is 0 Å². The highest BCUT2D eigenvalue weighted by Gasteiger charge is 2.24. The Hall–Kier alpha value is -1.58. The van der Waals surface area contributed by atoms with Crippen LogP contribution in [0.5, 0.6) is 0 Å². The summed E-state index contributed by atoms with van der Waals surface area (Å²) < 4.78 is 5.79. The first-order valence-electron chi connectivity index (χ1n) is 7.32. The molecule has 1 atom stereocenters. The molecule has 3 heteroatoms. The van der Waals surface area contributed by atoms with Gasteiger partial charge in [-0.3, -0.25) is 4.90 Å². The Balaban J connectivity index is 1.63. The van der Waals surface area contributed by atoms with E-state index in [1.807, 2.05) is 6.92 Å². The van der Waals surface area contributed by atoms with Gasteiger partial charge in [-0.2, -0.15) is 0 Å². The van der Waals surface area contributed by atoms with Crippen molar-refractivity contribution in [3.8, 4) is 0 Å². The lowest BCUT2D eigenvalue weighted by Crippen LogP contribution is -2.19. The molecule has 2 aromatic rings. The van der Waals surface area contributed by atoms with Crippen molar-refractivity contribution >= 4 is 0 Å². The molecule has 2 N–H and O–H groups in total. The minimum Gasteiger partial charge on any atom is -0.465 e. The van der Waals surface area contributed by atoms with Gasteiger partial charge in [-0.25, -0.2) is 0 Å². The number of hydrogen-bond acceptors (Lipinski definition) is 3. The van der Waals surface area contributed by atoms with E-state index >= 15 is 0 Å². The first-order chi connectivity index (χ1) is 9.76. The Kier molecular flexibility index (Phi) is 3.90. The molecule has 1 aliphatic rings. The standard InChI is InChI=1S/C17H22N2O/c1-13-16(10-18)9-17(20-13)12-19-8-7-15(11-19)14-5-3-2-4-6-14/h2-6,9,15H,7-8,10-12,18H2,1H3. The Morgan fingerprint density at radius 1 is 1.30 bits per heavy atom. The average Bonchev–Trinajstić information content (AvgIpc) is 3.07. The molecular formula is C17H22N2O. The summed E-state index contributed by atoms with van der Waals surface area (Å²) in [5.41, 5.74) is 8.27. The van der Waals surface area contributed by atoms with Crippen LogP contribution in [-0.4, -0.2) is 18.0 Å². The summed E-state index contributed by atoms with van der Waals surface area (Å²) >= 11 is 0. The molecule has 1 unspecified atom stereocenters. The molecule has 106 valence electrons. The third-order valence-electron chi connectivity index (χ3n) is 4.21. The van der Waals surface area contributed by atoms with Crippen molar-refractivity contribution in [2.75, 3.05) is 13.1 Å². The largest absolute Gasteiger partial charge is 0.465 e. The molecular weight excluding hydrogens is 248 g/mol. The zero-order valence-electron chi connectivity index (χ0n) is 12.0. The highest BCUT2D eigenvalue weighted by atomic mass is 16.3. The maximum Gasteiger partial charge on any atom is 0.118 e. The van der Waals surface area contributed by atoms with Crippen molar-refractivity contribution in [2.45, 2.75) is 32.4 Å². The molecule has 0 amide bonds. The molecule has 0 spiro atoms. The summed E-state index contributed by atoms with van der Waals surface area (Å²) in [6.07, 6.45) is 1.23. The first kappa shape index (κ1) is 13.4. The van der Waals surface area contributed by atoms with E-state index in [1.165, 1.54) is 12.0 Å². The van der Waals surface area contributed by atoms with E-state index in [1.54, 1.807) is 0 Å². The molecule has 0 saturated carbocycles. The van der Waals surface area contributed by atoms with Crippen molar-refractivity contribution < 1.29 is 4.42 Å². The zero-order valence-corrected chi connectivity index (χ0v) is 12.0. The van der Waals surface area contributed by atoms with Crippen molar-refractivity contribution in [2.24, 2.45) is 5.73 Å². The van der Waals surface area contributed by atoms with E-state index in [9.17, 15) is 0 Å². The maximum absolute atomic E-state index is 5.79. The fraction of sp³-hybridized carbons (Fsp3) is 0.412. The van der Waals surface area contributed by atoms with Crippen LogP contribution in [0.1, 0.15) is 35.0 Å². The quantitative estimate of drug-likeness (QED) is 0.928. The van der Waals surface area contributed by atoms with Crippen LogP contribution in [0.25, 0.3) is 0 Å². The minimum absolute atomic E-state index is 0.558. The van der Waals surface area contributed by atoms with Gasteiger partial charge in [0.25, 0.3) is 0 Å². The van der Waals surface area contributed by atoms with Gasteiger partial charge in [0.15, 0.2) is 0 Å². The summed E-state index contributed by atoms with van der Waals surface area (Å²) in [6, 6.07) is 12.9. The number of likely N-dealkylation sites (tertiary alicyclic amines) is 1. The van der Waals surface area contributed by atoms with Crippen LogP contribution in [0.15, 0.2) is 40.8 Å². The van der Waals surface area contributed by atoms with Crippen LogP contribution in [-0.2, 0) is 13.1 Å². The van der Waals surface area contributed by atoms with E-state index in [0.29, 0.717) is 12.5 Å². The molecule has 3 rings (SSSR count). The van der Waals surface area contributed by atoms with Crippen LogP contribution in [0.4, 0.5) is 0 Å². The molecule has 0 aliphatic carbocycles. The van der Waals surface area contributed by atoms with Crippen LogP contribution in [0, 0.1) is 6.92 Å². The van der Waals surface area contributed by atoms with E-state index in [4.69, 9.17) is 10.2 Å². The monoisotopic (exact) mass is 270 g/mol. The van der Waals surface area contributed by atoms with Crippen molar-refractivity contribution in [1.82, 2.24) is 4.90 Å². The normalized spacial score (nSPS) is 19.6. The Morgan fingerprint density at radius 2 is 2.10 bits per heavy atom. The summed E-state index contributed by atoms with van der Waals surface area (Å²) in [4.78, 5) is 2.47. The predicted molar refractivity (Wildman–Crippen MR) is 80.4 cm³/mol. The summed E-state index contributed by atoms with van der Waals surface area (Å²) in [6.45, 7) is 5.69. The van der Waals surface area contributed by atoms with Crippen LogP contribution in [0.2, 0.25) is 0 Å². The second-order valence-electron chi connectivity index (χ2n) is 5.63. The van der Waals surface area contributed by atoms with E-state index in [-0.39, 0.29) is 0 Å². The number of furan rings is 1. The van der Waals surface area contributed by atoms with Gasteiger partial charge in [0.1, 0.15) is 11.5 Å². The first-order valence-corrected chi connectivity index (χ1v) is 7.32. The molecule has 1 fully saturated rings. The Labute approximate surface area is 120 Å². The fourth-order valence-corrected chi connectivity index (χ4v) is 3.06. The lowest BCUT2D eigenvalue weighted by Gasteiger charge is -2.14. The van der Waals surface area contributed by atoms with Crippen molar-refractivity contribution in [3.05, 3.63) is 59.0 Å². The van der Waals surface area contributed by atoms with E-state index in [2.05, 4.69) is 41.3 Å². The van der Waals surface area contributed by atoms with Crippen LogP contribution < -0.4 is 5.73 Å². The topological polar surface area (TPSA) is 42.4 Å². The molecule has 0 bridgehead atoms. The highest BCUT2D eigenvalue weighted by Crippen LogP contribution is 2.28. The molecule has 1 aromatic carbocycles. The van der Waals surface area contributed by atoms with E-state index in [0.717, 1.165) is 36.7 Å². The molecule has 3 nitrogen and oxygen atoms in total. The third-order valence-corrected chi connectivity index (χ3v) is 4.21. The Bertz CT molecular complexity index is 562. The summed E-state index contributed by atoms with van der Waals surface area (Å²) in [7, 11) is 0. The molecule has 0 radical (unpaired) electrons. The lowest BCUT2D eigenvalue weighted by molar-refractivity contribution is 0.291. The SMILES string of the molecule is Cc1oc(CN2CCC(c3ccccc3)C2)cc1CN. The van der Waals surface area contributed by atoms with Crippen LogP contribution >= 0.6 is 0 Å². The number of nitrogens with zero attached hydrogens (tertiary/aromatic N) is 1. The second-order valence-corrected chi connectivity index (χ2v) is 5.63. The summed E-state index contributed by atoms with van der Waals surface area (Å²) in [5, 5.41) is 0. The fourth-order valence-electron chi connectivity index (χ4n) is 3.06. The smallest absolute Gasteiger partial charge is 0.118 e. The lowest BCUT2D eigenvalue weighted by atomic mass is 9.99. The second kappa shape index (κ2) is 5.81. The average molecular weight is 270 g/mol. The van der Waals surface area contributed by atoms with Crippen molar-refractivity contribution in [3.63, 3.8) is 0 Å². The van der Waals surface area contributed by atoms with Gasteiger partial charge in [0, 0.05) is 18.7 Å². The van der Waals surface area contributed by atoms with Gasteiger partial charge in [-0.15, -0.1) is 0 Å². The highest BCUT2D eigenvalue weighted by molar-refractivity contribution is 5.22. The summed E-state index contributed by atoms with van der Waals surface area (Å²) in [5.74, 6) is 2.65. The molecule has 1 saturated heterocycles. The van der Waals surface area contributed by atoms with Crippen molar-refractivity contribution in [1.29, 1.82) is 0 Å². The van der Waals surface area contributed by atoms with E-state index < -0.39 is 0 Å². The van der Waals surface area contributed by atoms with Gasteiger partial charge in [-0.05, 0) is 37.4 Å². The Morgan fingerprint density at radius 3 is 2.80 bits per heavy atom. The number of nitrogens with two attached hydrogens (primary N) is 1. The maximum atomic E-state index is 5.79. The van der Waals surface area contributed by atoms with Crippen LogP contribution in [0.3, 0.4) is 0 Å². The molecule has 2 heterocycles. The number of aryl methyl sites for hydroxylation is 1. The van der Waals surface area contributed by atoms with Gasteiger partial charge in [-0.1, -0.05) is 30.3 Å². The number of hydrogen-bond donors (Lipinski definition) is 1. The van der Waals surface area contributed by atoms with Gasteiger partial charge in [0.05, 0.1) is 6.54 Å². The van der Waals surface area contributed by atoms with Gasteiger partial charge >= 0.3 is 0 Å². The number of benzene rings is 1. The molecule has 20 heavy (non-hydrogen) atoms. The minimum atomic E-state index is 0.558. The third kappa shape index (κ3) is 2.79. The molecule has 1 aromatic heterocycles. The number of rotatable bonds is 4. The predicted octanol–water partition coefficient (Wildman–Crippen LogP) is 3.04. The molecule has 1 aliphatic heterocycles.